The fraction of sp³-hybridized carbons (Fsp3) is 0.500. The fourth-order valence-electron chi connectivity index (χ4n) is 2.79. The minimum Gasteiger partial charge on any atom is -0.333 e. The van der Waals surface area contributed by atoms with Crippen molar-refractivity contribution in [1.29, 1.82) is 0 Å². The van der Waals surface area contributed by atoms with Crippen molar-refractivity contribution in [2.45, 2.75) is 25.8 Å². The molecule has 2 N–H and O–H groups in total. The third-order valence-corrected chi connectivity index (χ3v) is 4.30. The number of hydrogen-bond acceptors (Lipinski definition) is 8. The number of carbonyl (C=O) groups is 1. The number of likely N-dealkylation sites (tertiary alicyclic amines) is 1. The van der Waals surface area contributed by atoms with Gasteiger partial charge in [-0.05, 0) is 26.8 Å². The van der Waals surface area contributed by atoms with Crippen LogP contribution in [0.5, 0.6) is 0 Å². The number of rotatable bonds is 5. The van der Waals surface area contributed by atoms with Crippen LogP contribution in [0.1, 0.15) is 30.4 Å². The summed E-state index contributed by atoms with van der Waals surface area (Å²) >= 11 is 1.41. The van der Waals surface area contributed by atoms with E-state index < -0.39 is 0 Å². The van der Waals surface area contributed by atoms with Crippen LogP contribution in [0.4, 0.5) is 10.9 Å². The van der Waals surface area contributed by atoms with Gasteiger partial charge in [-0.15, -0.1) is 10.2 Å². The predicted octanol–water partition coefficient (Wildman–Crippen LogP) is 1.26. The number of carbonyl (C=O) groups excluding carboxylic acids is 1. The van der Waals surface area contributed by atoms with Crippen molar-refractivity contribution in [1.82, 2.24) is 30.4 Å². The lowest BCUT2D eigenvalue weighted by Crippen LogP contribution is -2.37. The molecule has 1 fully saturated rings. The predicted molar refractivity (Wildman–Crippen MR) is 87.6 cm³/mol. The Morgan fingerprint density at radius 3 is 3.09 bits per heavy atom. The Morgan fingerprint density at radius 2 is 2.35 bits per heavy atom. The number of aryl methyl sites for hydroxylation is 1. The van der Waals surface area contributed by atoms with Crippen LogP contribution in [0, 0.1) is 6.92 Å². The van der Waals surface area contributed by atoms with Crippen LogP contribution in [0.3, 0.4) is 0 Å². The number of nitrogens with one attached hydrogen (secondary N) is 2. The molecule has 0 spiro atoms. The van der Waals surface area contributed by atoms with Crippen molar-refractivity contribution in [3.8, 4) is 0 Å². The number of hydrogen-bond donors (Lipinski definition) is 2. The van der Waals surface area contributed by atoms with Crippen LogP contribution in [-0.2, 0) is 4.79 Å². The molecule has 8 nitrogen and oxygen atoms in total. The van der Waals surface area contributed by atoms with Gasteiger partial charge in [-0.2, -0.15) is 0 Å². The molecule has 0 unspecified atom stereocenters. The fourth-order valence-corrected chi connectivity index (χ4v) is 3.24. The van der Waals surface area contributed by atoms with Gasteiger partial charge in [0.05, 0.1) is 18.3 Å². The van der Waals surface area contributed by atoms with Crippen molar-refractivity contribution >= 4 is 28.2 Å². The molecule has 2 aromatic heterocycles. The van der Waals surface area contributed by atoms with E-state index in [4.69, 9.17) is 0 Å². The van der Waals surface area contributed by atoms with E-state index in [2.05, 4.69) is 30.8 Å². The van der Waals surface area contributed by atoms with E-state index in [0.29, 0.717) is 23.3 Å². The van der Waals surface area contributed by atoms with Gasteiger partial charge in [-0.3, -0.25) is 4.79 Å². The molecule has 1 aliphatic rings. The Labute approximate surface area is 138 Å². The average molecular weight is 333 g/mol. The van der Waals surface area contributed by atoms with Crippen LogP contribution < -0.4 is 10.6 Å². The normalized spacial score (nSPS) is 17.5. The standard InChI is InChI=1S/C14H19N7OS/c1-9-17-10(6-12(18-9)19-14-20-16-8-23-14)11-4-3-5-21(11)13(22)7-15-2/h6,8,11,15H,3-5,7H2,1-2H3,(H,17,18,19,20)/t11-/m1/s1. The minimum absolute atomic E-state index is 0.00696. The molecular weight excluding hydrogens is 314 g/mol. The van der Waals surface area contributed by atoms with Gasteiger partial charge in [0.15, 0.2) is 0 Å². The number of likely N-dealkylation sites (N-methyl/N-ethyl adjacent to an activating group) is 1. The SMILES string of the molecule is CNCC(=O)N1CCC[C@@H]1c1cc(Nc2nncs2)nc(C)n1. The molecule has 1 atom stereocenters. The molecule has 0 radical (unpaired) electrons. The number of anilines is 2. The molecule has 2 aromatic rings. The van der Waals surface area contributed by atoms with Crippen LogP contribution in [0.2, 0.25) is 0 Å². The molecular formula is C14H19N7OS. The number of nitrogens with zero attached hydrogens (tertiary/aromatic N) is 5. The highest BCUT2D eigenvalue weighted by atomic mass is 32.1. The summed E-state index contributed by atoms with van der Waals surface area (Å²) in [5, 5.41) is 14.5. The van der Waals surface area contributed by atoms with Gasteiger partial charge in [-0.1, -0.05) is 11.3 Å². The Bertz CT molecular complexity index is 676. The summed E-state index contributed by atoms with van der Waals surface area (Å²) in [6.45, 7) is 2.97. The second-order valence-corrected chi connectivity index (χ2v) is 6.20. The molecule has 9 heteroatoms. The summed E-state index contributed by atoms with van der Waals surface area (Å²) in [5.74, 6) is 1.45. The maximum absolute atomic E-state index is 12.2. The van der Waals surface area contributed by atoms with E-state index in [1.165, 1.54) is 11.3 Å². The van der Waals surface area contributed by atoms with Crippen LogP contribution >= 0.6 is 11.3 Å². The quantitative estimate of drug-likeness (QED) is 0.850. The van der Waals surface area contributed by atoms with E-state index in [9.17, 15) is 4.79 Å². The molecule has 1 saturated heterocycles. The zero-order valence-corrected chi connectivity index (χ0v) is 13.9. The summed E-state index contributed by atoms with van der Waals surface area (Å²) in [7, 11) is 1.78. The van der Waals surface area contributed by atoms with Gasteiger partial charge in [0, 0.05) is 12.6 Å². The minimum atomic E-state index is 0.00696. The van der Waals surface area contributed by atoms with Gasteiger partial charge >= 0.3 is 0 Å². The summed E-state index contributed by atoms with van der Waals surface area (Å²) < 4.78 is 0. The first kappa shape index (κ1) is 15.8. The molecule has 0 bridgehead atoms. The second kappa shape index (κ2) is 6.97. The van der Waals surface area contributed by atoms with E-state index >= 15 is 0 Å². The van der Waals surface area contributed by atoms with Gasteiger partial charge in [-0.25, -0.2) is 9.97 Å². The third-order valence-electron chi connectivity index (χ3n) is 3.70. The molecule has 1 aliphatic heterocycles. The van der Waals surface area contributed by atoms with Crippen LogP contribution in [0.25, 0.3) is 0 Å². The summed E-state index contributed by atoms with van der Waals surface area (Å²) in [5.41, 5.74) is 2.53. The summed E-state index contributed by atoms with van der Waals surface area (Å²) in [4.78, 5) is 23.1. The van der Waals surface area contributed by atoms with Crippen molar-refractivity contribution in [2.24, 2.45) is 0 Å². The largest absolute Gasteiger partial charge is 0.333 e. The summed E-state index contributed by atoms with van der Waals surface area (Å²) in [6, 6.07) is 1.90. The average Bonchev–Trinajstić information content (AvgIpc) is 3.17. The first-order valence-electron chi connectivity index (χ1n) is 7.50. The van der Waals surface area contributed by atoms with Crippen molar-refractivity contribution < 1.29 is 4.79 Å². The molecule has 0 aliphatic carbocycles. The highest BCUT2D eigenvalue weighted by Gasteiger charge is 2.31. The highest BCUT2D eigenvalue weighted by molar-refractivity contribution is 7.13. The van der Waals surface area contributed by atoms with E-state index in [1.807, 2.05) is 17.9 Å². The Balaban J connectivity index is 1.84. The molecule has 3 heterocycles. The van der Waals surface area contributed by atoms with Crippen LogP contribution in [0.15, 0.2) is 11.6 Å². The molecule has 23 heavy (non-hydrogen) atoms. The monoisotopic (exact) mass is 333 g/mol. The second-order valence-electron chi connectivity index (χ2n) is 5.37. The molecule has 0 saturated carbocycles. The van der Waals surface area contributed by atoms with E-state index in [-0.39, 0.29) is 11.9 Å². The maximum Gasteiger partial charge on any atom is 0.237 e. The smallest absolute Gasteiger partial charge is 0.237 e. The lowest BCUT2D eigenvalue weighted by Gasteiger charge is -2.24. The van der Waals surface area contributed by atoms with Gasteiger partial charge in [0.2, 0.25) is 11.0 Å². The number of aromatic nitrogens is 4. The first-order valence-corrected chi connectivity index (χ1v) is 8.38. The molecule has 3 rings (SSSR count). The summed E-state index contributed by atoms with van der Waals surface area (Å²) in [6.07, 6.45) is 1.91. The van der Waals surface area contributed by atoms with E-state index in [0.717, 1.165) is 25.1 Å². The van der Waals surface area contributed by atoms with Crippen molar-refractivity contribution in [3.05, 3.63) is 23.1 Å². The maximum atomic E-state index is 12.2. The van der Waals surface area contributed by atoms with Gasteiger partial charge < -0.3 is 15.5 Å². The Morgan fingerprint density at radius 1 is 1.48 bits per heavy atom. The molecule has 122 valence electrons. The van der Waals surface area contributed by atoms with Crippen molar-refractivity contribution in [3.63, 3.8) is 0 Å². The van der Waals surface area contributed by atoms with Crippen LogP contribution in [-0.4, -0.2) is 51.1 Å². The zero-order chi connectivity index (χ0) is 16.2. The third kappa shape index (κ3) is 3.62. The zero-order valence-electron chi connectivity index (χ0n) is 13.1. The lowest BCUT2D eigenvalue weighted by atomic mass is 10.1. The van der Waals surface area contributed by atoms with Gasteiger partial charge in [0.1, 0.15) is 17.2 Å². The lowest BCUT2D eigenvalue weighted by molar-refractivity contribution is -0.131. The number of amides is 1. The molecule has 0 aromatic carbocycles. The van der Waals surface area contributed by atoms with Gasteiger partial charge in [0.25, 0.3) is 0 Å². The molecule has 1 amide bonds. The highest BCUT2D eigenvalue weighted by Crippen LogP contribution is 2.32. The van der Waals surface area contributed by atoms with Crippen molar-refractivity contribution in [2.75, 3.05) is 25.5 Å². The van der Waals surface area contributed by atoms with E-state index in [1.54, 1.807) is 12.6 Å². The Kier molecular flexibility index (Phi) is 4.77. The topological polar surface area (TPSA) is 95.9 Å². The first-order chi connectivity index (χ1) is 11.2. The Hall–Kier alpha value is -2.13.